The van der Waals surface area contributed by atoms with Crippen molar-refractivity contribution < 1.29 is 17.8 Å². The molecule has 0 saturated carbocycles. The van der Waals surface area contributed by atoms with Gasteiger partial charge < -0.3 is 11.1 Å². The Morgan fingerprint density at radius 2 is 2.15 bits per heavy atom. The molecule has 0 aromatic rings. The lowest BCUT2D eigenvalue weighted by Gasteiger charge is -2.06. The smallest absolute Gasteiger partial charge is 0.264 e. The number of carbonyl (C=O) groups excluding carboxylic acids is 1. The third kappa shape index (κ3) is 7.69. The van der Waals surface area contributed by atoms with Crippen molar-refractivity contribution in [3.63, 3.8) is 0 Å². The van der Waals surface area contributed by atoms with Gasteiger partial charge in [0.1, 0.15) is 0 Å². The van der Waals surface area contributed by atoms with Crippen LogP contribution in [-0.4, -0.2) is 37.2 Å². The van der Waals surface area contributed by atoms with E-state index < -0.39 is 16.2 Å². The van der Waals surface area contributed by atoms with Crippen molar-refractivity contribution in [3.8, 4) is 0 Å². The summed E-state index contributed by atoms with van der Waals surface area (Å²) in [6.45, 7) is 1.72. The molecule has 0 unspecified atom stereocenters. The normalized spacial score (nSPS) is 13.8. The fourth-order valence-electron chi connectivity index (χ4n) is 0.627. The number of amides is 1. The van der Waals surface area contributed by atoms with Crippen molar-refractivity contribution in [3.05, 3.63) is 0 Å². The van der Waals surface area contributed by atoms with E-state index in [-0.39, 0.29) is 24.6 Å². The molecule has 13 heavy (non-hydrogen) atoms. The lowest BCUT2D eigenvalue weighted by atomic mass is 10.3. The van der Waals surface area contributed by atoms with Gasteiger partial charge in [-0.25, -0.2) is 0 Å². The second-order valence-electron chi connectivity index (χ2n) is 2.72. The topological polar surface area (TPSA) is 109 Å². The first-order chi connectivity index (χ1) is 5.83. The van der Waals surface area contributed by atoms with Crippen LogP contribution in [0.5, 0.6) is 0 Å². The van der Waals surface area contributed by atoms with Crippen LogP contribution in [-0.2, 0) is 14.9 Å². The molecule has 0 aliphatic heterocycles. The van der Waals surface area contributed by atoms with Crippen LogP contribution in [0, 0.1) is 0 Å². The molecule has 78 valence electrons. The minimum Gasteiger partial charge on any atom is -0.355 e. The second kappa shape index (κ2) is 5.15. The van der Waals surface area contributed by atoms with Crippen LogP contribution in [0.2, 0.25) is 0 Å². The molecule has 0 saturated heterocycles. The standard InChI is InChI=1S/C6H14N2O4S/c1-5(7)6(9)8-3-2-4-13(10,11)12/h5H,2-4,7H2,1H3,(H,8,9)(H,10,11,12)/t5-/m1/s1. The Kier molecular flexibility index (Phi) is 4.89. The zero-order valence-electron chi connectivity index (χ0n) is 7.36. The number of rotatable bonds is 5. The first kappa shape index (κ1) is 12.3. The highest BCUT2D eigenvalue weighted by atomic mass is 32.2. The highest BCUT2D eigenvalue weighted by Crippen LogP contribution is 1.86. The van der Waals surface area contributed by atoms with Gasteiger partial charge in [0.2, 0.25) is 5.91 Å². The zero-order chi connectivity index (χ0) is 10.5. The maximum atomic E-state index is 10.8. The Hall–Kier alpha value is -0.660. The van der Waals surface area contributed by atoms with Gasteiger partial charge in [0.25, 0.3) is 10.1 Å². The van der Waals surface area contributed by atoms with Crippen molar-refractivity contribution in [1.29, 1.82) is 0 Å². The molecule has 0 heterocycles. The summed E-state index contributed by atoms with van der Waals surface area (Å²) in [5.41, 5.74) is 5.22. The lowest BCUT2D eigenvalue weighted by molar-refractivity contribution is -0.121. The molecule has 1 atom stereocenters. The Morgan fingerprint density at radius 3 is 2.54 bits per heavy atom. The lowest BCUT2D eigenvalue weighted by Crippen LogP contribution is -2.39. The first-order valence-electron chi connectivity index (χ1n) is 3.81. The van der Waals surface area contributed by atoms with Gasteiger partial charge in [-0.3, -0.25) is 9.35 Å². The molecule has 7 heteroatoms. The van der Waals surface area contributed by atoms with Crippen LogP contribution in [0.15, 0.2) is 0 Å². The highest BCUT2D eigenvalue weighted by Gasteiger charge is 2.07. The molecule has 0 aromatic heterocycles. The fourth-order valence-corrected chi connectivity index (χ4v) is 1.14. The summed E-state index contributed by atoms with van der Waals surface area (Å²) < 4.78 is 28.8. The average Bonchev–Trinajstić information content (AvgIpc) is 1.95. The van der Waals surface area contributed by atoms with Crippen molar-refractivity contribution in [2.45, 2.75) is 19.4 Å². The largest absolute Gasteiger partial charge is 0.355 e. The third-order valence-electron chi connectivity index (χ3n) is 1.29. The van der Waals surface area contributed by atoms with Crippen LogP contribution in [0.1, 0.15) is 13.3 Å². The minimum absolute atomic E-state index is 0.178. The molecule has 0 bridgehead atoms. The van der Waals surface area contributed by atoms with E-state index in [4.69, 9.17) is 10.3 Å². The second-order valence-corrected chi connectivity index (χ2v) is 4.29. The van der Waals surface area contributed by atoms with E-state index in [0.717, 1.165) is 0 Å². The summed E-state index contributed by atoms with van der Waals surface area (Å²) in [4.78, 5) is 10.8. The molecule has 0 rings (SSSR count). The van der Waals surface area contributed by atoms with E-state index in [1.807, 2.05) is 0 Å². The molecule has 4 N–H and O–H groups in total. The number of nitrogens with one attached hydrogen (secondary N) is 1. The van der Waals surface area contributed by atoms with Crippen LogP contribution < -0.4 is 11.1 Å². The monoisotopic (exact) mass is 210 g/mol. The quantitative estimate of drug-likeness (QED) is 0.387. The third-order valence-corrected chi connectivity index (χ3v) is 2.10. The summed E-state index contributed by atoms with van der Waals surface area (Å²) in [5.74, 6) is -0.693. The predicted octanol–water partition coefficient (Wildman–Crippen LogP) is -1.27. The van der Waals surface area contributed by atoms with Gasteiger partial charge in [0, 0.05) is 6.54 Å². The molecule has 0 aliphatic rings. The van der Waals surface area contributed by atoms with Gasteiger partial charge in [-0.15, -0.1) is 0 Å². The average molecular weight is 210 g/mol. The number of hydrogen-bond donors (Lipinski definition) is 3. The molecule has 6 nitrogen and oxygen atoms in total. The SMILES string of the molecule is C[C@@H](N)C(=O)NCCCS(=O)(=O)O. The Bertz CT molecular complexity index is 260. The Morgan fingerprint density at radius 1 is 1.62 bits per heavy atom. The van der Waals surface area contributed by atoms with E-state index in [1.165, 1.54) is 6.92 Å². The van der Waals surface area contributed by atoms with Gasteiger partial charge in [-0.1, -0.05) is 0 Å². The molecule has 0 spiro atoms. The maximum absolute atomic E-state index is 10.8. The van der Waals surface area contributed by atoms with E-state index in [1.54, 1.807) is 0 Å². The van der Waals surface area contributed by atoms with Gasteiger partial charge >= 0.3 is 0 Å². The molecule has 1 amide bonds. The van der Waals surface area contributed by atoms with Gasteiger partial charge in [-0.05, 0) is 13.3 Å². The van der Waals surface area contributed by atoms with Crippen LogP contribution >= 0.6 is 0 Å². The number of nitrogens with two attached hydrogens (primary N) is 1. The number of carbonyl (C=O) groups is 1. The molecule has 0 aromatic carbocycles. The van der Waals surface area contributed by atoms with Crippen LogP contribution in [0.4, 0.5) is 0 Å². The maximum Gasteiger partial charge on any atom is 0.264 e. The minimum atomic E-state index is -3.92. The summed E-state index contributed by atoms with van der Waals surface area (Å²) in [6.07, 6.45) is 0.178. The van der Waals surface area contributed by atoms with E-state index in [0.29, 0.717) is 0 Å². The summed E-state index contributed by atoms with van der Waals surface area (Å²) in [5, 5.41) is 2.42. The van der Waals surface area contributed by atoms with E-state index in [9.17, 15) is 13.2 Å². The summed E-state index contributed by atoms with van der Waals surface area (Å²) >= 11 is 0. The van der Waals surface area contributed by atoms with Crippen molar-refractivity contribution >= 4 is 16.0 Å². The fraction of sp³-hybridized carbons (Fsp3) is 0.833. The van der Waals surface area contributed by atoms with Gasteiger partial charge in [-0.2, -0.15) is 8.42 Å². The van der Waals surface area contributed by atoms with E-state index >= 15 is 0 Å². The molecular weight excluding hydrogens is 196 g/mol. The molecule has 0 aliphatic carbocycles. The van der Waals surface area contributed by atoms with Crippen molar-refractivity contribution in [2.75, 3.05) is 12.3 Å². The van der Waals surface area contributed by atoms with Crippen molar-refractivity contribution in [2.24, 2.45) is 5.73 Å². The van der Waals surface area contributed by atoms with Gasteiger partial charge in [0.15, 0.2) is 0 Å². The number of hydrogen-bond acceptors (Lipinski definition) is 4. The van der Waals surface area contributed by atoms with E-state index in [2.05, 4.69) is 5.32 Å². The van der Waals surface area contributed by atoms with Crippen LogP contribution in [0.25, 0.3) is 0 Å². The zero-order valence-corrected chi connectivity index (χ0v) is 8.17. The summed E-state index contributed by atoms with van der Waals surface area (Å²) in [6, 6.07) is -0.606. The molecular formula is C6H14N2O4S. The van der Waals surface area contributed by atoms with Crippen LogP contribution in [0.3, 0.4) is 0 Å². The molecule has 0 fully saturated rings. The highest BCUT2D eigenvalue weighted by molar-refractivity contribution is 7.85. The Labute approximate surface area is 77.2 Å². The summed E-state index contributed by atoms with van der Waals surface area (Å²) in [7, 11) is -3.92. The first-order valence-corrected chi connectivity index (χ1v) is 5.42. The van der Waals surface area contributed by atoms with Gasteiger partial charge in [0.05, 0.1) is 11.8 Å². The molecule has 0 radical (unpaired) electrons. The predicted molar refractivity (Wildman–Crippen MR) is 47.7 cm³/mol. The Balaban J connectivity index is 3.53. The van der Waals surface area contributed by atoms with Crippen molar-refractivity contribution in [1.82, 2.24) is 5.32 Å².